The van der Waals surface area contributed by atoms with Crippen molar-refractivity contribution in [3.63, 3.8) is 0 Å². The molecule has 0 aromatic heterocycles. The fraction of sp³-hybridized carbons (Fsp3) is 0.947. The Labute approximate surface area is 150 Å². The number of hydrogen-bond acceptors (Lipinski definition) is 5. The minimum absolute atomic E-state index is 0.00945. The molecule has 3 aliphatic rings. The highest BCUT2D eigenvalue weighted by Gasteiger charge is 2.38. The molecule has 2 heterocycles. The quantitative estimate of drug-likeness (QED) is 0.518. The van der Waals surface area contributed by atoms with Gasteiger partial charge in [-0.3, -0.25) is 14.6 Å². The van der Waals surface area contributed by atoms with E-state index in [1.807, 2.05) is 11.8 Å². The number of nitrogens with zero attached hydrogens (tertiary/aromatic N) is 2. The smallest absolute Gasteiger partial charge is 0.308 e. The zero-order valence-electron chi connectivity index (χ0n) is 15.5. The van der Waals surface area contributed by atoms with Crippen molar-refractivity contribution >= 4 is 5.97 Å². The molecule has 1 aliphatic carbocycles. The molecule has 0 spiro atoms. The summed E-state index contributed by atoms with van der Waals surface area (Å²) in [5, 5.41) is 0. The van der Waals surface area contributed by atoms with Crippen LogP contribution in [-0.4, -0.2) is 67.2 Å². The van der Waals surface area contributed by atoms with E-state index in [9.17, 15) is 4.79 Å². The summed E-state index contributed by atoms with van der Waals surface area (Å²) >= 11 is 0. The van der Waals surface area contributed by atoms with Gasteiger partial charge in [0.15, 0.2) is 12.5 Å². The van der Waals surface area contributed by atoms with E-state index in [0.717, 1.165) is 77.5 Å². The number of carbonyl (C=O) groups is 1. The lowest BCUT2D eigenvalue weighted by Crippen LogP contribution is -2.51. The normalized spacial score (nSPS) is 31.1. The molecule has 0 amide bonds. The molecule has 6 heteroatoms. The van der Waals surface area contributed by atoms with Crippen LogP contribution in [0.4, 0.5) is 4.39 Å². The Bertz CT molecular complexity index is 417. The van der Waals surface area contributed by atoms with E-state index < -0.39 is 12.5 Å². The third kappa shape index (κ3) is 4.92. The number of hydrogen-bond donors (Lipinski definition) is 0. The number of rotatable bonds is 7. The van der Waals surface area contributed by atoms with Crippen molar-refractivity contribution in [2.24, 2.45) is 5.92 Å². The standard InChI is InChI=1S/C19H33FN2O3/c1-2-24-19(23)15-7-9-16(10-8-15)25-18(22-13-5-6-14-22)17(20)21-11-3-4-12-21/h15-18H,2-14H2,1H3/t15?,16?,17-,18?/m1/s1. The second-order valence-electron chi connectivity index (χ2n) is 7.61. The third-order valence-corrected chi connectivity index (χ3v) is 5.85. The van der Waals surface area contributed by atoms with Crippen molar-refractivity contribution in [2.45, 2.75) is 76.9 Å². The monoisotopic (exact) mass is 356 g/mol. The maximum absolute atomic E-state index is 15.2. The number of likely N-dealkylation sites (tertiary alicyclic amines) is 2. The molecule has 0 aromatic rings. The van der Waals surface area contributed by atoms with Crippen LogP contribution in [0.3, 0.4) is 0 Å². The van der Waals surface area contributed by atoms with Gasteiger partial charge in [0.1, 0.15) is 0 Å². The van der Waals surface area contributed by atoms with Gasteiger partial charge in [-0.15, -0.1) is 0 Å². The molecule has 0 radical (unpaired) electrons. The van der Waals surface area contributed by atoms with Crippen molar-refractivity contribution < 1.29 is 18.7 Å². The van der Waals surface area contributed by atoms with Crippen LogP contribution in [0.5, 0.6) is 0 Å². The van der Waals surface area contributed by atoms with Crippen molar-refractivity contribution in [2.75, 3.05) is 32.8 Å². The Kier molecular flexibility index (Phi) is 7.08. The van der Waals surface area contributed by atoms with Gasteiger partial charge in [-0.2, -0.15) is 0 Å². The highest BCUT2D eigenvalue weighted by molar-refractivity contribution is 5.72. The molecule has 2 aliphatic heterocycles. The summed E-state index contributed by atoms with van der Waals surface area (Å²) in [5.41, 5.74) is 0. The lowest BCUT2D eigenvalue weighted by atomic mass is 9.87. The second kappa shape index (κ2) is 9.28. The topological polar surface area (TPSA) is 42.0 Å². The molecule has 0 aromatic carbocycles. The molecule has 1 unspecified atom stereocenters. The van der Waals surface area contributed by atoms with Crippen LogP contribution in [0.2, 0.25) is 0 Å². The number of carbonyl (C=O) groups excluding carboxylic acids is 1. The zero-order chi connectivity index (χ0) is 17.6. The first-order valence-electron chi connectivity index (χ1n) is 10.1. The minimum atomic E-state index is -1.04. The van der Waals surface area contributed by atoms with E-state index in [1.54, 1.807) is 0 Å². The first-order valence-corrected chi connectivity index (χ1v) is 10.1. The molecule has 5 nitrogen and oxygen atoms in total. The van der Waals surface area contributed by atoms with E-state index in [2.05, 4.69) is 4.90 Å². The maximum Gasteiger partial charge on any atom is 0.308 e. The van der Waals surface area contributed by atoms with Crippen LogP contribution in [0.25, 0.3) is 0 Å². The summed E-state index contributed by atoms with van der Waals surface area (Å²) in [6, 6.07) is 0. The number of ether oxygens (including phenoxy) is 2. The summed E-state index contributed by atoms with van der Waals surface area (Å²) in [6.07, 6.45) is 6.19. The van der Waals surface area contributed by atoms with Crippen LogP contribution in [0.15, 0.2) is 0 Å². The Hall–Kier alpha value is -0.720. The zero-order valence-corrected chi connectivity index (χ0v) is 15.5. The van der Waals surface area contributed by atoms with E-state index in [-0.39, 0.29) is 18.0 Å². The van der Waals surface area contributed by atoms with Crippen LogP contribution in [0.1, 0.15) is 58.3 Å². The molecule has 1 saturated carbocycles. The summed E-state index contributed by atoms with van der Waals surface area (Å²) in [7, 11) is 0. The Morgan fingerprint density at radius 2 is 1.56 bits per heavy atom. The van der Waals surface area contributed by atoms with Crippen LogP contribution >= 0.6 is 0 Å². The van der Waals surface area contributed by atoms with Crippen LogP contribution < -0.4 is 0 Å². The van der Waals surface area contributed by atoms with Crippen molar-refractivity contribution in [1.29, 1.82) is 0 Å². The number of esters is 1. The van der Waals surface area contributed by atoms with Gasteiger partial charge in [0.2, 0.25) is 0 Å². The van der Waals surface area contributed by atoms with Crippen LogP contribution in [-0.2, 0) is 14.3 Å². The Morgan fingerprint density at radius 1 is 1.00 bits per heavy atom. The number of alkyl halides is 1. The summed E-state index contributed by atoms with van der Waals surface area (Å²) in [6.45, 7) is 5.81. The highest BCUT2D eigenvalue weighted by atomic mass is 19.1. The van der Waals surface area contributed by atoms with Crippen LogP contribution in [0, 0.1) is 5.92 Å². The van der Waals surface area contributed by atoms with E-state index >= 15 is 4.39 Å². The fourth-order valence-corrected chi connectivity index (χ4v) is 4.38. The average molecular weight is 356 g/mol. The SMILES string of the molecule is CCOC(=O)C1CCC(OC([C@H](F)N2CCCC2)N2CCCC2)CC1. The van der Waals surface area contributed by atoms with Gasteiger partial charge in [0.05, 0.1) is 18.6 Å². The molecule has 2 saturated heterocycles. The molecule has 0 N–H and O–H groups in total. The summed E-state index contributed by atoms with van der Waals surface area (Å²) in [4.78, 5) is 16.0. The lowest BCUT2D eigenvalue weighted by molar-refractivity contribution is -0.172. The van der Waals surface area contributed by atoms with E-state index in [4.69, 9.17) is 9.47 Å². The predicted octanol–water partition coefficient (Wildman–Crippen LogP) is 2.94. The van der Waals surface area contributed by atoms with Gasteiger partial charge in [-0.25, -0.2) is 4.39 Å². The van der Waals surface area contributed by atoms with Crippen molar-refractivity contribution in [3.8, 4) is 0 Å². The first-order chi connectivity index (χ1) is 12.2. The molecular weight excluding hydrogens is 323 g/mol. The summed E-state index contributed by atoms with van der Waals surface area (Å²) < 4.78 is 26.6. The first kappa shape index (κ1) is 19.1. The predicted molar refractivity (Wildman–Crippen MR) is 93.8 cm³/mol. The molecule has 25 heavy (non-hydrogen) atoms. The van der Waals surface area contributed by atoms with Gasteiger partial charge in [-0.1, -0.05) is 0 Å². The average Bonchev–Trinajstić information content (AvgIpc) is 3.33. The van der Waals surface area contributed by atoms with Gasteiger partial charge in [0.25, 0.3) is 0 Å². The van der Waals surface area contributed by atoms with Gasteiger partial charge < -0.3 is 9.47 Å². The van der Waals surface area contributed by atoms with Crippen molar-refractivity contribution in [1.82, 2.24) is 9.80 Å². The molecule has 144 valence electrons. The largest absolute Gasteiger partial charge is 0.466 e. The minimum Gasteiger partial charge on any atom is -0.466 e. The summed E-state index contributed by atoms with van der Waals surface area (Å²) in [5.74, 6) is -0.0951. The van der Waals surface area contributed by atoms with E-state index in [0.29, 0.717) is 6.61 Å². The Balaban J connectivity index is 1.54. The molecule has 2 atom stereocenters. The molecular formula is C19H33FN2O3. The lowest BCUT2D eigenvalue weighted by Gasteiger charge is -2.38. The maximum atomic E-state index is 15.2. The molecule has 3 fully saturated rings. The van der Waals surface area contributed by atoms with Gasteiger partial charge >= 0.3 is 5.97 Å². The van der Waals surface area contributed by atoms with Gasteiger partial charge in [0, 0.05) is 26.2 Å². The van der Waals surface area contributed by atoms with Gasteiger partial charge in [-0.05, 0) is 58.3 Å². The molecule has 3 rings (SSSR count). The van der Waals surface area contributed by atoms with Crippen molar-refractivity contribution in [3.05, 3.63) is 0 Å². The van der Waals surface area contributed by atoms with E-state index in [1.165, 1.54) is 0 Å². The number of halogens is 1. The molecule has 0 bridgehead atoms. The second-order valence-corrected chi connectivity index (χ2v) is 7.61. The third-order valence-electron chi connectivity index (χ3n) is 5.85. The highest BCUT2D eigenvalue weighted by Crippen LogP contribution is 2.31. The fourth-order valence-electron chi connectivity index (χ4n) is 4.38. The Morgan fingerprint density at radius 3 is 2.12 bits per heavy atom.